The predicted octanol–water partition coefficient (Wildman–Crippen LogP) is 7.35. The van der Waals surface area contributed by atoms with Crippen LogP contribution in [0.15, 0.2) is 0 Å². The molecule has 0 aliphatic heterocycles. The Labute approximate surface area is 131 Å². The molecule has 0 aromatic heterocycles. The van der Waals surface area contributed by atoms with Gasteiger partial charge in [0.05, 0.1) is 0 Å². The van der Waals surface area contributed by atoms with Crippen molar-refractivity contribution < 1.29 is 0 Å². The van der Waals surface area contributed by atoms with Crippen LogP contribution in [0.2, 0.25) is 0 Å². The lowest BCUT2D eigenvalue weighted by Crippen LogP contribution is -2.21. The first kappa shape index (κ1) is 19.5. The molecule has 0 fully saturated rings. The highest BCUT2D eigenvalue weighted by atomic mass is 79.9. The lowest BCUT2D eigenvalue weighted by Gasteiger charge is -2.29. The quantitative estimate of drug-likeness (QED) is 0.258. The van der Waals surface area contributed by atoms with Crippen molar-refractivity contribution in [1.82, 2.24) is 0 Å². The summed E-state index contributed by atoms with van der Waals surface area (Å²) < 4.78 is 0. The molecule has 0 N–H and O–H groups in total. The second-order valence-corrected chi connectivity index (χ2v) is 7.84. The van der Waals surface area contributed by atoms with Gasteiger partial charge in [-0.25, -0.2) is 0 Å². The Balaban J connectivity index is 3.31. The van der Waals surface area contributed by atoms with Crippen LogP contribution < -0.4 is 0 Å². The van der Waals surface area contributed by atoms with Crippen LogP contribution in [0.1, 0.15) is 98.3 Å². The molecule has 0 spiro atoms. The highest BCUT2D eigenvalue weighted by molar-refractivity contribution is 9.09. The van der Waals surface area contributed by atoms with Gasteiger partial charge in [-0.15, -0.1) is 0 Å². The average Bonchev–Trinajstić information content (AvgIpc) is 2.34. The van der Waals surface area contributed by atoms with Gasteiger partial charge >= 0.3 is 0 Å². The maximum absolute atomic E-state index is 3.68. The highest BCUT2D eigenvalue weighted by Crippen LogP contribution is 2.31. The minimum Gasteiger partial charge on any atom is -0.0925 e. The number of rotatable bonds is 12. The van der Waals surface area contributed by atoms with Crippen molar-refractivity contribution in [3.63, 3.8) is 0 Å². The summed E-state index contributed by atoms with van der Waals surface area (Å²) in [5.41, 5.74) is 0.461. The van der Waals surface area contributed by atoms with Crippen LogP contribution >= 0.6 is 15.9 Å². The van der Waals surface area contributed by atoms with Gasteiger partial charge in [-0.05, 0) is 17.8 Å². The smallest absolute Gasteiger partial charge is 0.00646 e. The van der Waals surface area contributed by atoms with Crippen molar-refractivity contribution in [2.45, 2.75) is 98.3 Å². The predicted molar refractivity (Wildman–Crippen MR) is 93.2 cm³/mol. The summed E-state index contributed by atoms with van der Waals surface area (Å²) in [6.45, 7) is 9.40. The van der Waals surface area contributed by atoms with Gasteiger partial charge in [0, 0.05) is 5.33 Å². The van der Waals surface area contributed by atoms with E-state index in [2.05, 4.69) is 43.6 Å². The molecule has 0 nitrogen and oxygen atoms in total. The van der Waals surface area contributed by atoms with Crippen LogP contribution in [0.5, 0.6) is 0 Å². The van der Waals surface area contributed by atoms with Gasteiger partial charge in [-0.2, -0.15) is 0 Å². The first-order valence-corrected chi connectivity index (χ1v) is 9.70. The molecule has 1 unspecified atom stereocenters. The van der Waals surface area contributed by atoms with E-state index in [-0.39, 0.29) is 0 Å². The van der Waals surface area contributed by atoms with Crippen molar-refractivity contribution in [2.24, 2.45) is 11.3 Å². The second kappa shape index (κ2) is 12.2. The van der Waals surface area contributed by atoms with Crippen LogP contribution in [0.3, 0.4) is 0 Å². The van der Waals surface area contributed by atoms with Gasteiger partial charge in [-0.1, -0.05) is 108 Å². The third-order valence-electron chi connectivity index (χ3n) is 4.32. The normalized spacial score (nSPS) is 13.7. The van der Waals surface area contributed by atoms with Crippen molar-refractivity contribution in [1.29, 1.82) is 0 Å². The molecule has 0 saturated carbocycles. The second-order valence-electron chi connectivity index (χ2n) is 7.19. The van der Waals surface area contributed by atoms with Crippen molar-refractivity contribution >= 4 is 15.9 Å². The summed E-state index contributed by atoms with van der Waals surface area (Å²) >= 11 is 3.68. The largest absolute Gasteiger partial charge is 0.0925 e. The van der Waals surface area contributed by atoms with E-state index in [1.54, 1.807) is 0 Å². The van der Waals surface area contributed by atoms with Crippen molar-refractivity contribution in [2.75, 3.05) is 5.33 Å². The third-order valence-corrected chi connectivity index (χ3v) is 5.10. The minimum atomic E-state index is 0.461. The van der Waals surface area contributed by atoms with Crippen LogP contribution in [0.4, 0.5) is 0 Å². The number of alkyl halides is 1. The zero-order valence-corrected chi connectivity index (χ0v) is 15.5. The van der Waals surface area contributed by atoms with Crippen LogP contribution in [0.25, 0.3) is 0 Å². The Morgan fingerprint density at radius 1 is 0.737 bits per heavy atom. The molecule has 0 amide bonds. The number of hydrogen-bond acceptors (Lipinski definition) is 0. The van der Waals surface area contributed by atoms with Gasteiger partial charge in [0.2, 0.25) is 0 Å². The zero-order valence-electron chi connectivity index (χ0n) is 13.9. The topological polar surface area (TPSA) is 0 Å². The summed E-state index contributed by atoms with van der Waals surface area (Å²) in [6, 6.07) is 0. The Morgan fingerprint density at radius 2 is 1.16 bits per heavy atom. The lowest BCUT2D eigenvalue weighted by molar-refractivity contribution is 0.247. The van der Waals surface area contributed by atoms with E-state index in [4.69, 9.17) is 0 Å². The van der Waals surface area contributed by atoms with E-state index in [0.717, 1.165) is 11.2 Å². The first-order chi connectivity index (χ1) is 9.02. The van der Waals surface area contributed by atoms with E-state index in [0.29, 0.717) is 5.41 Å². The average molecular weight is 333 g/mol. The molecule has 0 heterocycles. The Morgan fingerprint density at radius 3 is 1.53 bits per heavy atom. The highest BCUT2D eigenvalue weighted by Gasteiger charge is 2.22. The SMILES string of the molecule is CCCCCCCCCCCCC(CBr)C(C)(C)C. The van der Waals surface area contributed by atoms with E-state index in [1.807, 2.05) is 0 Å². The molecule has 116 valence electrons. The molecular weight excluding hydrogens is 296 g/mol. The Bertz CT molecular complexity index is 181. The monoisotopic (exact) mass is 332 g/mol. The molecule has 0 aliphatic rings. The lowest BCUT2D eigenvalue weighted by atomic mass is 9.79. The molecule has 0 aliphatic carbocycles. The first-order valence-electron chi connectivity index (χ1n) is 8.58. The molecule has 0 radical (unpaired) electrons. The summed E-state index contributed by atoms with van der Waals surface area (Å²) in [5.74, 6) is 0.835. The molecule has 1 heteroatoms. The summed E-state index contributed by atoms with van der Waals surface area (Å²) in [6.07, 6.45) is 15.8. The Hall–Kier alpha value is 0.480. The zero-order chi connectivity index (χ0) is 14.6. The standard InChI is InChI=1S/C18H37Br/c1-5-6-7-8-9-10-11-12-13-14-15-17(16-19)18(2,3)4/h17H,5-16H2,1-4H3. The molecule has 1 atom stereocenters. The molecule has 0 rings (SSSR count). The summed E-state index contributed by atoms with van der Waals surface area (Å²) in [5, 5.41) is 1.16. The maximum Gasteiger partial charge on any atom is 0.00646 e. The number of halogens is 1. The van der Waals surface area contributed by atoms with Crippen molar-refractivity contribution in [3.05, 3.63) is 0 Å². The van der Waals surface area contributed by atoms with Crippen LogP contribution in [-0.2, 0) is 0 Å². The molecular formula is C18H37Br. The molecule has 0 aromatic carbocycles. The molecule has 0 bridgehead atoms. The number of hydrogen-bond donors (Lipinski definition) is 0. The van der Waals surface area contributed by atoms with E-state index in [1.165, 1.54) is 70.6 Å². The minimum absolute atomic E-state index is 0.461. The van der Waals surface area contributed by atoms with E-state index >= 15 is 0 Å². The fraction of sp³-hybridized carbons (Fsp3) is 1.00. The molecule has 19 heavy (non-hydrogen) atoms. The van der Waals surface area contributed by atoms with Crippen LogP contribution in [-0.4, -0.2) is 5.33 Å². The van der Waals surface area contributed by atoms with Crippen LogP contribution in [0, 0.1) is 11.3 Å². The fourth-order valence-electron chi connectivity index (χ4n) is 2.62. The summed E-state index contributed by atoms with van der Waals surface area (Å²) in [4.78, 5) is 0. The van der Waals surface area contributed by atoms with Gasteiger partial charge in [-0.3, -0.25) is 0 Å². The van der Waals surface area contributed by atoms with Gasteiger partial charge in [0.25, 0.3) is 0 Å². The molecule has 0 aromatic rings. The van der Waals surface area contributed by atoms with E-state index in [9.17, 15) is 0 Å². The third kappa shape index (κ3) is 12.0. The fourth-order valence-corrected chi connectivity index (χ4v) is 3.91. The van der Waals surface area contributed by atoms with E-state index < -0.39 is 0 Å². The van der Waals surface area contributed by atoms with Gasteiger partial charge < -0.3 is 0 Å². The van der Waals surface area contributed by atoms with Gasteiger partial charge in [0.1, 0.15) is 0 Å². The van der Waals surface area contributed by atoms with Crippen molar-refractivity contribution in [3.8, 4) is 0 Å². The maximum atomic E-state index is 3.68. The Kier molecular flexibility index (Phi) is 12.5. The molecule has 0 saturated heterocycles. The van der Waals surface area contributed by atoms with Gasteiger partial charge in [0.15, 0.2) is 0 Å². The number of unbranched alkanes of at least 4 members (excludes halogenated alkanes) is 9. The summed E-state index contributed by atoms with van der Waals surface area (Å²) in [7, 11) is 0.